The summed E-state index contributed by atoms with van der Waals surface area (Å²) in [4.78, 5) is 7.20. The molecule has 0 bridgehead atoms. The standard InChI is InChI=1S/C13H20N4O3S/c1-4-11(13-15-5-6-16-13)17-21(18,19)12-7-10(8-14-3)20-9(12)2/h5-7,11,14,17H,4,8H2,1-3H3,(H,15,16). The zero-order chi connectivity index (χ0) is 15.5. The number of sulfonamides is 1. The predicted octanol–water partition coefficient (Wildman–Crippen LogP) is 1.46. The smallest absolute Gasteiger partial charge is 0.244 e. The van der Waals surface area contributed by atoms with Crippen molar-refractivity contribution in [3.8, 4) is 0 Å². The Kier molecular flexibility index (Phi) is 4.81. The number of furan rings is 1. The third kappa shape index (κ3) is 3.52. The third-order valence-corrected chi connectivity index (χ3v) is 4.70. The molecule has 7 nitrogen and oxygen atoms in total. The van der Waals surface area contributed by atoms with E-state index in [1.54, 1.807) is 32.4 Å². The van der Waals surface area contributed by atoms with E-state index in [0.717, 1.165) is 0 Å². The van der Waals surface area contributed by atoms with Gasteiger partial charge in [0, 0.05) is 18.5 Å². The van der Waals surface area contributed by atoms with Crippen LogP contribution in [0.5, 0.6) is 0 Å². The van der Waals surface area contributed by atoms with Crippen LogP contribution >= 0.6 is 0 Å². The van der Waals surface area contributed by atoms with Gasteiger partial charge in [0.05, 0.1) is 12.6 Å². The van der Waals surface area contributed by atoms with Gasteiger partial charge in [-0.3, -0.25) is 0 Å². The summed E-state index contributed by atoms with van der Waals surface area (Å²) >= 11 is 0. The summed E-state index contributed by atoms with van der Waals surface area (Å²) in [5.41, 5.74) is 0. The van der Waals surface area contributed by atoms with Crippen LogP contribution in [0.25, 0.3) is 0 Å². The Morgan fingerprint density at radius 2 is 2.24 bits per heavy atom. The molecule has 1 unspecified atom stereocenters. The van der Waals surface area contributed by atoms with Crippen molar-refractivity contribution in [2.24, 2.45) is 0 Å². The quantitative estimate of drug-likeness (QED) is 0.718. The third-order valence-electron chi connectivity index (χ3n) is 3.12. The minimum absolute atomic E-state index is 0.165. The maximum Gasteiger partial charge on any atom is 0.244 e. The van der Waals surface area contributed by atoms with Gasteiger partial charge >= 0.3 is 0 Å². The zero-order valence-corrected chi connectivity index (χ0v) is 13.1. The van der Waals surface area contributed by atoms with Gasteiger partial charge in [-0.15, -0.1) is 0 Å². The van der Waals surface area contributed by atoms with E-state index in [4.69, 9.17) is 4.42 Å². The molecule has 0 aliphatic heterocycles. The van der Waals surface area contributed by atoms with Crippen LogP contribution in [0.1, 0.15) is 36.7 Å². The lowest BCUT2D eigenvalue weighted by Crippen LogP contribution is -2.29. The molecular weight excluding hydrogens is 292 g/mol. The second-order valence-electron chi connectivity index (χ2n) is 4.72. The number of hydrogen-bond donors (Lipinski definition) is 3. The summed E-state index contributed by atoms with van der Waals surface area (Å²) in [7, 11) is -1.89. The fourth-order valence-corrected chi connectivity index (χ4v) is 3.59. The summed E-state index contributed by atoms with van der Waals surface area (Å²) in [5.74, 6) is 1.56. The molecule has 0 aromatic carbocycles. The number of aromatic nitrogens is 2. The second-order valence-corrected chi connectivity index (χ2v) is 6.40. The number of nitrogens with one attached hydrogen (secondary N) is 3. The molecule has 0 saturated carbocycles. The highest BCUT2D eigenvalue weighted by Gasteiger charge is 2.25. The molecule has 3 N–H and O–H groups in total. The monoisotopic (exact) mass is 312 g/mol. The van der Waals surface area contributed by atoms with Crippen LogP contribution in [0.4, 0.5) is 0 Å². The lowest BCUT2D eigenvalue weighted by atomic mass is 10.2. The van der Waals surface area contributed by atoms with Gasteiger partial charge in [-0.05, 0) is 20.4 Å². The second kappa shape index (κ2) is 6.42. The fourth-order valence-electron chi connectivity index (χ4n) is 2.10. The van der Waals surface area contributed by atoms with Crippen molar-refractivity contribution in [1.29, 1.82) is 0 Å². The number of hydrogen-bond acceptors (Lipinski definition) is 5. The normalized spacial score (nSPS) is 13.5. The van der Waals surface area contributed by atoms with Gasteiger partial charge in [0.2, 0.25) is 10.0 Å². The van der Waals surface area contributed by atoms with E-state index in [1.165, 1.54) is 0 Å². The molecule has 2 heterocycles. The SMILES string of the molecule is CCC(NS(=O)(=O)c1cc(CNC)oc1C)c1ncc[nH]1. The van der Waals surface area contributed by atoms with E-state index in [2.05, 4.69) is 20.0 Å². The maximum atomic E-state index is 12.5. The highest BCUT2D eigenvalue weighted by molar-refractivity contribution is 7.89. The van der Waals surface area contributed by atoms with E-state index in [1.807, 2.05) is 6.92 Å². The van der Waals surface area contributed by atoms with Crippen LogP contribution < -0.4 is 10.0 Å². The van der Waals surface area contributed by atoms with Crippen molar-refractivity contribution >= 4 is 10.0 Å². The van der Waals surface area contributed by atoms with Crippen LogP contribution in [0.15, 0.2) is 27.8 Å². The Morgan fingerprint density at radius 3 is 2.81 bits per heavy atom. The summed E-state index contributed by atoms with van der Waals surface area (Å²) in [6, 6.07) is 1.15. The largest absolute Gasteiger partial charge is 0.464 e. The van der Waals surface area contributed by atoms with Crippen LogP contribution in [-0.4, -0.2) is 25.4 Å². The first kappa shape index (κ1) is 15.7. The average molecular weight is 312 g/mol. The van der Waals surface area contributed by atoms with E-state index in [0.29, 0.717) is 30.3 Å². The van der Waals surface area contributed by atoms with Crippen LogP contribution in [0.3, 0.4) is 0 Å². The average Bonchev–Trinajstić information content (AvgIpc) is 3.06. The van der Waals surface area contributed by atoms with Crippen molar-refractivity contribution in [2.45, 2.75) is 37.8 Å². The number of aryl methyl sites for hydroxylation is 1. The lowest BCUT2D eigenvalue weighted by Gasteiger charge is -2.14. The number of nitrogens with zero attached hydrogens (tertiary/aromatic N) is 1. The molecule has 0 aliphatic rings. The Morgan fingerprint density at radius 1 is 1.48 bits per heavy atom. The Hall–Kier alpha value is -1.64. The van der Waals surface area contributed by atoms with Gasteiger partial charge in [-0.2, -0.15) is 0 Å². The Labute approximate surface area is 124 Å². The molecule has 2 aromatic heterocycles. The Balaban J connectivity index is 2.25. The predicted molar refractivity (Wildman–Crippen MR) is 78.1 cm³/mol. The Bertz CT molecular complexity index is 676. The van der Waals surface area contributed by atoms with E-state index in [-0.39, 0.29) is 4.90 Å². The number of rotatable bonds is 7. The van der Waals surface area contributed by atoms with Crippen molar-refractivity contribution in [3.63, 3.8) is 0 Å². The van der Waals surface area contributed by atoms with Gasteiger partial charge in [-0.25, -0.2) is 18.1 Å². The number of H-pyrrole nitrogens is 1. The van der Waals surface area contributed by atoms with Gasteiger partial charge in [-0.1, -0.05) is 6.92 Å². The minimum Gasteiger partial charge on any atom is -0.464 e. The highest BCUT2D eigenvalue weighted by atomic mass is 32.2. The van der Waals surface area contributed by atoms with Crippen molar-refractivity contribution in [1.82, 2.24) is 20.0 Å². The first-order valence-electron chi connectivity index (χ1n) is 6.73. The van der Waals surface area contributed by atoms with Gasteiger partial charge < -0.3 is 14.7 Å². The minimum atomic E-state index is -3.66. The van der Waals surface area contributed by atoms with Crippen LogP contribution in [-0.2, 0) is 16.6 Å². The van der Waals surface area contributed by atoms with E-state index >= 15 is 0 Å². The van der Waals surface area contributed by atoms with Crippen LogP contribution in [0, 0.1) is 6.92 Å². The van der Waals surface area contributed by atoms with Gasteiger partial charge in [0.25, 0.3) is 0 Å². The molecule has 0 amide bonds. The molecule has 1 atom stereocenters. The molecule has 0 radical (unpaired) electrons. The number of imidazole rings is 1. The van der Waals surface area contributed by atoms with Crippen molar-refractivity contribution in [2.75, 3.05) is 7.05 Å². The molecule has 8 heteroatoms. The summed E-state index contributed by atoms with van der Waals surface area (Å²) < 4.78 is 33.1. The maximum absolute atomic E-state index is 12.5. The number of aromatic amines is 1. The van der Waals surface area contributed by atoms with Crippen molar-refractivity contribution < 1.29 is 12.8 Å². The van der Waals surface area contributed by atoms with Crippen molar-refractivity contribution in [3.05, 3.63) is 35.8 Å². The zero-order valence-electron chi connectivity index (χ0n) is 12.3. The van der Waals surface area contributed by atoms with E-state index < -0.39 is 16.1 Å². The summed E-state index contributed by atoms with van der Waals surface area (Å²) in [5, 5.41) is 2.93. The van der Waals surface area contributed by atoms with Gasteiger partial charge in [0.15, 0.2) is 0 Å². The summed E-state index contributed by atoms with van der Waals surface area (Å²) in [6.45, 7) is 4.01. The fraction of sp³-hybridized carbons (Fsp3) is 0.462. The first-order valence-corrected chi connectivity index (χ1v) is 8.21. The topological polar surface area (TPSA) is 100 Å². The first-order chi connectivity index (χ1) is 9.97. The molecule has 2 rings (SSSR count). The van der Waals surface area contributed by atoms with Crippen LogP contribution in [0.2, 0.25) is 0 Å². The molecule has 0 spiro atoms. The lowest BCUT2D eigenvalue weighted by molar-refractivity contribution is 0.465. The van der Waals surface area contributed by atoms with Gasteiger partial charge in [0.1, 0.15) is 22.2 Å². The highest BCUT2D eigenvalue weighted by Crippen LogP contribution is 2.23. The molecule has 0 fully saturated rings. The summed E-state index contributed by atoms with van der Waals surface area (Å²) in [6.07, 6.45) is 3.86. The molecule has 2 aromatic rings. The molecule has 21 heavy (non-hydrogen) atoms. The van der Waals surface area contributed by atoms with E-state index in [9.17, 15) is 8.42 Å². The molecule has 0 aliphatic carbocycles. The molecule has 0 saturated heterocycles. The molecule has 116 valence electrons. The molecular formula is C13H20N4O3S.